The van der Waals surface area contributed by atoms with Crippen molar-refractivity contribution >= 4 is 5.91 Å². The van der Waals surface area contributed by atoms with Gasteiger partial charge in [-0.2, -0.15) is 0 Å². The number of amides is 1. The Morgan fingerprint density at radius 1 is 0.462 bits per heavy atom. The van der Waals surface area contributed by atoms with E-state index < -0.39 is 36.9 Å². The lowest BCUT2D eigenvalue weighted by Gasteiger charge is -2.27. The van der Waals surface area contributed by atoms with Gasteiger partial charge in [-0.15, -0.1) is 0 Å². The van der Waals surface area contributed by atoms with Crippen LogP contribution in [-0.2, 0) is 4.79 Å². The maximum atomic E-state index is 12.4. The third-order valence-corrected chi connectivity index (χ3v) is 10.3. The monoisotopic (exact) mass is 734 g/mol. The molecule has 0 aliphatic heterocycles. The average Bonchev–Trinajstić information content (AvgIpc) is 3.15. The van der Waals surface area contributed by atoms with E-state index in [4.69, 9.17) is 0 Å². The molecule has 0 aliphatic carbocycles. The third kappa shape index (κ3) is 34.3. The first-order chi connectivity index (χ1) is 25.5. The summed E-state index contributed by atoms with van der Waals surface area (Å²) in [7, 11) is 0. The van der Waals surface area contributed by atoms with E-state index >= 15 is 0 Å². The molecule has 0 saturated heterocycles. The fourth-order valence-corrected chi connectivity index (χ4v) is 6.69. The summed E-state index contributed by atoms with van der Waals surface area (Å²) in [5, 5.41) is 43.5. The van der Waals surface area contributed by atoms with Crippen molar-refractivity contribution in [2.45, 2.75) is 244 Å². The zero-order valence-electron chi connectivity index (χ0n) is 34.3. The predicted octanol–water partition coefficient (Wildman–Crippen LogP) is 11.7. The summed E-state index contributed by atoms with van der Waals surface area (Å²) in [5.41, 5.74) is 0. The average molecular weight is 734 g/mol. The molecule has 306 valence electrons. The van der Waals surface area contributed by atoms with Crippen molar-refractivity contribution < 1.29 is 25.2 Å². The molecule has 0 saturated carbocycles. The number of aliphatic hydroxyl groups excluding tert-OH is 4. The molecule has 0 aliphatic rings. The molecule has 0 aromatic heterocycles. The molecule has 4 unspecified atom stereocenters. The van der Waals surface area contributed by atoms with Crippen molar-refractivity contribution in [1.29, 1.82) is 0 Å². The summed E-state index contributed by atoms with van der Waals surface area (Å²) in [5.74, 6) is -0.610. The van der Waals surface area contributed by atoms with Crippen molar-refractivity contribution in [2.75, 3.05) is 6.61 Å². The molecular formula is C46H87NO5. The van der Waals surface area contributed by atoms with Crippen molar-refractivity contribution in [1.82, 2.24) is 5.32 Å². The van der Waals surface area contributed by atoms with Crippen LogP contribution in [0.5, 0.6) is 0 Å². The number of aliphatic hydroxyl groups is 4. The molecule has 0 fully saturated rings. The van der Waals surface area contributed by atoms with Crippen LogP contribution in [-0.4, -0.2) is 57.3 Å². The van der Waals surface area contributed by atoms with Crippen LogP contribution in [0.15, 0.2) is 36.5 Å². The SMILES string of the molecule is CCCC/C=C\CCCCCCC(O)C(=O)NC(CO)C(O)C(O)CCC/C=C/CC/C=C/CCCCCCCCCCCCCCCCCCC. The van der Waals surface area contributed by atoms with Crippen molar-refractivity contribution in [2.24, 2.45) is 0 Å². The van der Waals surface area contributed by atoms with Gasteiger partial charge in [0.05, 0.1) is 18.8 Å². The first-order valence-corrected chi connectivity index (χ1v) is 22.4. The first-order valence-electron chi connectivity index (χ1n) is 22.4. The highest BCUT2D eigenvalue weighted by atomic mass is 16.3. The topological polar surface area (TPSA) is 110 Å². The second kappa shape index (κ2) is 40.7. The maximum absolute atomic E-state index is 12.4. The lowest BCUT2D eigenvalue weighted by Crippen LogP contribution is -2.53. The second-order valence-electron chi connectivity index (χ2n) is 15.4. The molecule has 0 aromatic carbocycles. The second-order valence-corrected chi connectivity index (χ2v) is 15.4. The smallest absolute Gasteiger partial charge is 0.249 e. The van der Waals surface area contributed by atoms with E-state index in [1.807, 2.05) is 0 Å². The lowest BCUT2D eigenvalue weighted by molar-refractivity contribution is -0.132. The highest BCUT2D eigenvalue weighted by molar-refractivity contribution is 5.80. The van der Waals surface area contributed by atoms with Crippen molar-refractivity contribution in [3.63, 3.8) is 0 Å². The summed E-state index contributed by atoms with van der Waals surface area (Å²) < 4.78 is 0. The molecule has 6 nitrogen and oxygen atoms in total. The minimum atomic E-state index is -1.29. The van der Waals surface area contributed by atoms with Crippen LogP contribution >= 0.6 is 0 Å². The minimum absolute atomic E-state index is 0.344. The fourth-order valence-electron chi connectivity index (χ4n) is 6.69. The number of carbonyl (C=O) groups is 1. The third-order valence-electron chi connectivity index (χ3n) is 10.3. The van der Waals surface area contributed by atoms with E-state index in [-0.39, 0.29) is 0 Å². The van der Waals surface area contributed by atoms with Crippen molar-refractivity contribution in [3.05, 3.63) is 36.5 Å². The quantitative estimate of drug-likeness (QED) is 0.0318. The fraction of sp³-hybridized carbons (Fsp3) is 0.848. The zero-order chi connectivity index (χ0) is 38.2. The summed E-state index contributed by atoms with van der Waals surface area (Å²) >= 11 is 0. The number of nitrogens with one attached hydrogen (secondary N) is 1. The Morgan fingerprint density at radius 2 is 0.827 bits per heavy atom. The van der Waals surface area contributed by atoms with Crippen LogP contribution in [0.25, 0.3) is 0 Å². The lowest BCUT2D eigenvalue weighted by atomic mass is 10.00. The van der Waals surface area contributed by atoms with E-state index in [0.29, 0.717) is 19.3 Å². The summed E-state index contributed by atoms with van der Waals surface area (Å²) in [6.45, 7) is 3.98. The Labute approximate surface area is 322 Å². The number of hydrogen-bond donors (Lipinski definition) is 5. The highest BCUT2D eigenvalue weighted by Gasteiger charge is 2.28. The summed E-state index contributed by atoms with van der Waals surface area (Å²) in [6.07, 6.45) is 47.7. The van der Waals surface area contributed by atoms with Gasteiger partial charge >= 0.3 is 0 Å². The minimum Gasteiger partial charge on any atom is -0.394 e. The molecular weight excluding hydrogens is 647 g/mol. The Balaban J connectivity index is 3.73. The van der Waals surface area contributed by atoms with E-state index in [2.05, 4.69) is 55.6 Å². The number of hydrogen-bond acceptors (Lipinski definition) is 5. The van der Waals surface area contributed by atoms with Crippen LogP contribution in [0.2, 0.25) is 0 Å². The Hall–Kier alpha value is -1.47. The van der Waals surface area contributed by atoms with E-state index in [1.165, 1.54) is 128 Å². The molecule has 0 radical (unpaired) electrons. The Morgan fingerprint density at radius 3 is 1.27 bits per heavy atom. The molecule has 0 aromatic rings. The number of unbranched alkanes of at least 4 members (excludes halogenated alkanes) is 25. The first kappa shape index (κ1) is 50.5. The van der Waals surface area contributed by atoms with Gasteiger partial charge in [-0.05, 0) is 70.6 Å². The van der Waals surface area contributed by atoms with Gasteiger partial charge in [0.2, 0.25) is 5.91 Å². The van der Waals surface area contributed by atoms with E-state index in [1.54, 1.807) is 0 Å². The number of carbonyl (C=O) groups excluding carboxylic acids is 1. The van der Waals surface area contributed by atoms with E-state index in [9.17, 15) is 25.2 Å². The molecule has 0 spiro atoms. The molecule has 1 amide bonds. The van der Waals surface area contributed by atoms with Gasteiger partial charge in [0, 0.05) is 0 Å². The molecule has 0 rings (SSSR count). The standard InChI is InChI=1S/C46H87NO5/c1-3-5-7-9-11-13-15-16-17-18-19-20-21-22-23-24-25-26-27-28-29-30-32-33-35-37-39-43(49)45(51)42(41-48)47-46(52)44(50)40-38-36-34-31-14-12-10-8-6-4-2/h10,12,27-28,32-33,42-45,48-51H,3-9,11,13-26,29-31,34-41H2,1-2H3,(H,47,52)/b12-10-,28-27+,33-32+. The molecule has 6 heteroatoms. The highest BCUT2D eigenvalue weighted by Crippen LogP contribution is 2.15. The largest absolute Gasteiger partial charge is 0.394 e. The molecule has 0 bridgehead atoms. The Kier molecular flexibility index (Phi) is 39.6. The van der Waals surface area contributed by atoms with Gasteiger partial charge in [0.25, 0.3) is 0 Å². The van der Waals surface area contributed by atoms with E-state index in [0.717, 1.165) is 57.8 Å². The van der Waals surface area contributed by atoms with Gasteiger partial charge in [-0.25, -0.2) is 0 Å². The van der Waals surface area contributed by atoms with Gasteiger partial charge < -0.3 is 25.7 Å². The molecule has 5 N–H and O–H groups in total. The molecule has 4 atom stereocenters. The van der Waals surface area contributed by atoms with Gasteiger partial charge in [0.1, 0.15) is 12.2 Å². The Bertz CT molecular complexity index is 828. The van der Waals surface area contributed by atoms with Gasteiger partial charge in [-0.1, -0.05) is 185 Å². The number of rotatable bonds is 40. The van der Waals surface area contributed by atoms with Crippen LogP contribution in [0.1, 0.15) is 219 Å². The number of allylic oxidation sites excluding steroid dienone is 6. The van der Waals surface area contributed by atoms with Crippen LogP contribution in [0.4, 0.5) is 0 Å². The molecule has 0 heterocycles. The molecule has 52 heavy (non-hydrogen) atoms. The van der Waals surface area contributed by atoms with Crippen molar-refractivity contribution in [3.8, 4) is 0 Å². The van der Waals surface area contributed by atoms with Crippen LogP contribution in [0, 0.1) is 0 Å². The summed E-state index contributed by atoms with van der Waals surface area (Å²) in [6, 6.07) is -1.01. The van der Waals surface area contributed by atoms with Gasteiger partial charge in [-0.3, -0.25) is 4.79 Å². The zero-order valence-corrected chi connectivity index (χ0v) is 34.3. The summed E-state index contributed by atoms with van der Waals surface area (Å²) in [4.78, 5) is 12.4. The van der Waals surface area contributed by atoms with Crippen LogP contribution in [0.3, 0.4) is 0 Å². The maximum Gasteiger partial charge on any atom is 0.249 e. The van der Waals surface area contributed by atoms with Gasteiger partial charge in [0.15, 0.2) is 0 Å². The van der Waals surface area contributed by atoms with Crippen LogP contribution < -0.4 is 5.32 Å². The predicted molar refractivity (Wildman–Crippen MR) is 224 cm³/mol. The normalized spacial score (nSPS) is 14.5.